The molecular formula is C15H17BrCl2N2. The number of halogens is 3. The lowest BCUT2D eigenvalue weighted by Crippen LogP contribution is -2.13. The van der Waals surface area contributed by atoms with Crippen molar-refractivity contribution in [1.29, 1.82) is 0 Å². The van der Waals surface area contributed by atoms with Gasteiger partial charge in [0.05, 0.1) is 16.4 Å². The summed E-state index contributed by atoms with van der Waals surface area (Å²) in [6, 6.07) is 7.99. The highest BCUT2D eigenvalue weighted by atomic mass is 79.9. The van der Waals surface area contributed by atoms with Crippen LogP contribution in [0, 0.1) is 12.8 Å². The van der Waals surface area contributed by atoms with Crippen molar-refractivity contribution in [3.63, 3.8) is 0 Å². The fourth-order valence-electron chi connectivity index (χ4n) is 2.33. The molecule has 1 unspecified atom stereocenters. The predicted molar refractivity (Wildman–Crippen MR) is 89.1 cm³/mol. The smallest absolute Gasteiger partial charge is 0.0847 e. The van der Waals surface area contributed by atoms with Crippen LogP contribution in [0.25, 0.3) is 0 Å². The molecule has 0 amide bonds. The van der Waals surface area contributed by atoms with Crippen LogP contribution in [-0.2, 0) is 19.9 Å². The molecule has 0 spiro atoms. The van der Waals surface area contributed by atoms with Gasteiger partial charge in [0.25, 0.3) is 0 Å². The van der Waals surface area contributed by atoms with E-state index in [0.717, 1.165) is 39.6 Å². The first kappa shape index (κ1) is 15.9. The predicted octanol–water partition coefficient (Wildman–Crippen LogP) is 4.83. The molecule has 5 heteroatoms. The Kier molecular flexibility index (Phi) is 5.53. The van der Waals surface area contributed by atoms with Gasteiger partial charge < -0.3 is 0 Å². The van der Waals surface area contributed by atoms with Crippen LogP contribution in [0.5, 0.6) is 0 Å². The Morgan fingerprint density at radius 3 is 2.50 bits per heavy atom. The standard InChI is InChI=1S/C15H17BrCl2N2/c1-10-15(18)14(20(2)19-10)8-11(9-16)7-12-5-3-4-6-13(12)17/h3-6,11H,7-9H2,1-2H3. The summed E-state index contributed by atoms with van der Waals surface area (Å²) in [5, 5.41) is 6.87. The van der Waals surface area contributed by atoms with Crippen LogP contribution in [0.15, 0.2) is 24.3 Å². The van der Waals surface area contributed by atoms with Crippen molar-refractivity contribution in [2.45, 2.75) is 19.8 Å². The average molecular weight is 376 g/mol. The Labute approximate surface area is 138 Å². The summed E-state index contributed by atoms with van der Waals surface area (Å²) in [6.45, 7) is 1.93. The first-order valence-corrected chi connectivity index (χ1v) is 8.38. The van der Waals surface area contributed by atoms with Crippen LogP contribution in [0.4, 0.5) is 0 Å². The van der Waals surface area contributed by atoms with Crippen LogP contribution in [0.2, 0.25) is 10.0 Å². The molecule has 0 fully saturated rings. The summed E-state index contributed by atoms with van der Waals surface area (Å²) >= 11 is 16.2. The minimum absolute atomic E-state index is 0.433. The van der Waals surface area contributed by atoms with Crippen LogP contribution < -0.4 is 0 Å². The number of aromatic nitrogens is 2. The van der Waals surface area contributed by atoms with E-state index in [-0.39, 0.29) is 0 Å². The molecule has 2 rings (SSSR count). The van der Waals surface area contributed by atoms with Gasteiger partial charge in [-0.2, -0.15) is 5.10 Å². The van der Waals surface area contributed by atoms with E-state index in [9.17, 15) is 0 Å². The molecule has 0 saturated heterocycles. The van der Waals surface area contributed by atoms with Crippen molar-refractivity contribution < 1.29 is 0 Å². The zero-order valence-corrected chi connectivity index (χ0v) is 14.6. The lowest BCUT2D eigenvalue weighted by Gasteiger charge is -2.15. The fraction of sp³-hybridized carbons (Fsp3) is 0.400. The highest BCUT2D eigenvalue weighted by Crippen LogP contribution is 2.26. The molecule has 0 aliphatic heterocycles. The van der Waals surface area contributed by atoms with Gasteiger partial charge in [-0.1, -0.05) is 57.3 Å². The second kappa shape index (κ2) is 6.97. The normalized spacial score (nSPS) is 12.7. The Hall–Kier alpha value is -0.510. The van der Waals surface area contributed by atoms with E-state index in [2.05, 4.69) is 27.1 Å². The molecule has 1 aromatic heterocycles. The Bertz CT molecular complexity index is 596. The molecule has 1 aromatic carbocycles. The van der Waals surface area contributed by atoms with Gasteiger partial charge >= 0.3 is 0 Å². The van der Waals surface area contributed by atoms with Gasteiger partial charge in [0.2, 0.25) is 0 Å². The minimum atomic E-state index is 0.433. The maximum Gasteiger partial charge on any atom is 0.0847 e. The molecule has 0 radical (unpaired) electrons. The molecular weight excluding hydrogens is 359 g/mol. The zero-order valence-electron chi connectivity index (χ0n) is 11.5. The molecule has 0 aliphatic rings. The van der Waals surface area contributed by atoms with Crippen molar-refractivity contribution in [3.8, 4) is 0 Å². The number of alkyl halides is 1. The number of benzene rings is 1. The van der Waals surface area contributed by atoms with Crippen LogP contribution in [-0.4, -0.2) is 15.1 Å². The summed E-state index contributed by atoms with van der Waals surface area (Å²) in [7, 11) is 1.94. The van der Waals surface area contributed by atoms with Gasteiger partial charge in [0.15, 0.2) is 0 Å². The molecule has 20 heavy (non-hydrogen) atoms. The Morgan fingerprint density at radius 2 is 1.95 bits per heavy atom. The monoisotopic (exact) mass is 374 g/mol. The van der Waals surface area contributed by atoms with E-state index in [0.29, 0.717) is 5.92 Å². The van der Waals surface area contributed by atoms with E-state index < -0.39 is 0 Å². The SMILES string of the molecule is Cc1nn(C)c(CC(CBr)Cc2ccccc2Cl)c1Cl. The topological polar surface area (TPSA) is 17.8 Å². The lowest BCUT2D eigenvalue weighted by atomic mass is 9.96. The van der Waals surface area contributed by atoms with Crippen molar-refractivity contribution in [2.75, 3.05) is 5.33 Å². The number of hydrogen-bond donors (Lipinski definition) is 0. The third-order valence-corrected chi connectivity index (χ3v) is 5.20. The number of nitrogens with zero attached hydrogens (tertiary/aromatic N) is 2. The molecule has 0 bridgehead atoms. The highest BCUT2D eigenvalue weighted by Gasteiger charge is 2.17. The minimum Gasteiger partial charge on any atom is -0.271 e. The highest BCUT2D eigenvalue weighted by molar-refractivity contribution is 9.09. The molecule has 2 nitrogen and oxygen atoms in total. The van der Waals surface area contributed by atoms with Gasteiger partial charge in [-0.3, -0.25) is 4.68 Å². The largest absolute Gasteiger partial charge is 0.271 e. The first-order chi connectivity index (χ1) is 9.52. The Balaban J connectivity index is 2.15. The lowest BCUT2D eigenvalue weighted by molar-refractivity contribution is 0.557. The Morgan fingerprint density at radius 1 is 1.25 bits per heavy atom. The quantitative estimate of drug-likeness (QED) is 0.684. The molecule has 0 N–H and O–H groups in total. The molecule has 1 heterocycles. The molecule has 2 aromatic rings. The van der Waals surface area contributed by atoms with Gasteiger partial charge in [0.1, 0.15) is 0 Å². The summed E-state index contributed by atoms with van der Waals surface area (Å²) in [5.74, 6) is 0.433. The van der Waals surface area contributed by atoms with E-state index in [1.54, 1.807) is 0 Å². The van der Waals surface area contributed by atoms with Crippen molar-refractivity contribution in [3.05, 3.63) is 51.3 Å². The van der Waals surface area contributed by atoms with E-state index in [1.807, 2.05) is 36.9 Å². The van der Waals surface area contributed by atoms with Crippen LogP contribution >= 0.6 is 39.1 Å². The van der Waals surface area contributed by atoms with Crippen molar-refractivity contribution >= 4 is 39.1 Å². The third kappa shape index (κ3) is 3.57. The summed E-state index contributed by atoms with van der Waals surface area (Å²) < 4.78 is 1.87. The second-order valence-electron chi connectivity index (χ2n) is 4.99. The van der Waals surface area contributed by atoms with Gasteiger partial charge in [-0.05, 0) is 37.3 Å². The zero-order chi connectivity index (χ0) is 14.7. The van der Waals surface area contributed by atoms with E-state index in [1.165, 1.54) is 5.56 Å². The number of aryl methyl sites for hydroxylation is 2. The average Bonchev–Trinajstić information content (AvgIpc) is 2.66. The van der Waals surface area contributed by atoms with Gasteiger partial charge in [-0.15, -0.1) is 0 Å². The number of hydrogen-bond acceptors (Lipinski definition) is 1. The maximum atomic E-state index is 6.32. The van der Waals surface area contributed by atoms with E-state index in [4.69, 9.17) is 23.2 Å². The first-order valence-electron chi connectivity index (χ1n) is 6.50. The van der Waals surface area contributed by atoms with Gasteiger partial charge in [0, 0.05) is 17.4 Å². The van der Waals surface area contributed by atoms with Crippen LogP contribution in [0.1, 0.15) is 17.0 Å². The molecule has 108 valence electrons. The van der Waals surface area contributed by atoms with Crippen molar-refractivity contribution in [1.82, 2.24) is 9.78 Å². The second-order valence-corrected chi connectivity index (χ2v) is 6.42. The molecule has 0 aliphatic carbocycles. The molecule has 0 saturated carbocycles. The van der Waals surface area contributed by atoms with E-state index >= 15 is 0 Å². The number of rotatable bonds is 5. The van der Waals surface area contributed by atoms with Crippen LogP contribution in [0.3, 0.4) is 0 Å². The van der Waals surface area contributed by atoms with Crippen molar-refractivity contribution in [2.24, 2.45) is 13.0 Å². The summed E-state index contributed by atoms with van der Waals surface area (Å²) in [5.41, 5.74) is 3.14. The van der Waals surface area contributed by atoms with Gasteiger partial charge in [-0.25, -0.2) is 0 Å². The fourth-order valence-corrected chi connectivity index (χ4v) is 3.24. The summed E-state index contributed by atoms with van der Waals surface area (Å²) in [4.78, 5) is 0. The maximum absolute atomic E-state index is 6.32. The third-order valence-electron chi connectivity index (χ3n) is 3.43. The molecule has 1 atom stereocenters. The summed E-state index contributed by atoms with van der Waals surface area (Å²) in [6.07, 6.45) is 1.80.